The number of nitrogens with zero attached hydrogens (tertiary/aromatic N) is 4. The van der Waals surface area contributed by atoms with Gasteiger partial charge in [-0.05, 0) is 59.5 Å². The molecular formula is C24H30N4O4. The Hall–Kier alpha value is -3.26. The molecule has 1 fully saturated rings. The topological polar surface area (TPSA) is 95.9 Å². The third kappa shape index (κ3) is 4.80. The summed E-state index contributed by atoms with van der Waals surface area (Å²) in [5.41, 5.74) is 1.59. The van der Waals surface area contributed by atoms with Crippen LogP contribution in [-0.4, -0.2) is 69.9 Å². The standard InChI is InChI=1S/C24H30N4O4/c1-14(2)32-18-9-7-8-17(12-18)21-20(22(29)19-13-25-16(4)26-15(19)3)23(30)24(31)28(21)11-10-27(5)6/h7-9,12-14,21,29H,10-11H2,1-6H3/b22-20+/t21-/m0/s1. The predicted molar refractivity (Wildman–Crippen MR) is 121 cm³/mol. The molecule has 8 nitrogen and oxygen atoms in total. The van der Waals surface area contributed by atoms with Crippen molar-refractivity contribution in [3.8, 4) is 5.75 Å². The van der Waals surface area contributed by atoms with Gasteiger partial charge < -0.3 is 19.6 Å². The molecule has 1 N–H and O–H groups in total. The molecule has 1 saturated heterocycles. The number of rotatable bonds is 7. The maximum Gasteiger partial charge on any atom is 0.295 e. The molecule has 1 aromatic heterocycles. The molecule has 0 spiro atoms. The Bertz CT molecular complexity index is 1060. The van der Waals surface area contributed by atoms with Crippen molar-refractivity contribution in [2.75, 3.05) is 27.2 Å². The summed E-state index contributed by atoms with van der Waals surface area (Å²) in [6.45, 7) is 8.23. The zero-order chi connectivity index (χ0) is 23.6. The number of hydrogen-bond acceptors (Lipinski definition) is 7. The van der Waals surface area contributed by atoms with Crippen LogP contribution in [0.1, 0.15) is 42.5 Å². The lowest BCUT2D eigenvalue weighted by molar-refractivity contribution is -0.140. The Morgan fingerprint density at radius 3 is 2.59 bits per heavy atom. The molecule has 0 radical (unpaired) electrons. The number of likely N-dealkylation sites (tertiary alicyclic amines) is 1. The normalized spacial score (nSPS) is 18.1. The number of amides is 1. The largest absolute Gasteiger partial charge is 0.507 e. The number of ether oxygens (including phenoxy) is 1. The fourth-order valence-electron chi connectivity index (χ4n) is 3.76. The summed E-state index contributed by atoms with van der Waals surface area (Å²) >= 11 is 0. The van der Waals surface area contributed by atoms with Gasteiger partial charge in [-0.2, -0.15) is 0 Å². The van der Waals surface area contributed by atoms with E-state index in [0.717, 1.165) is 0 Å². The van der Waals surface area contributed by atoms with E-state index in [0.29, 0.717) is 41.5 Å². The lowest BCUT2D eigenvalue weighted by Crippen LogP contribution is -2.35. The molecule has 0 aliphatic carbocycles. The van der Waals surface area contributed by atoms with Gasteiger partial charge in [0.25, 0.3) is 11.7 Å². The number of Topliss-reactive ketones (excluding diaryl/α,β-unsaturated/α-hetero) is 1. The van der Waals surface area contributed by atoms with Crippen LogP contribution in [0.3, 0.4) is 0 Å². The molecular weight excluding hydrogens is 408 g/mol. The highest BCUT2D eigenvalue weighted by atomic mass is 16.5. The summed E-state index contributed by atoms with van der Waals surface area (Å²) < 4.78 is 5.82. The number of aliphatic hydroxyl groups is 1. The van der Waals surface area contributed by atoms with Crippen molar-refractivity contribution in [2.24, 2.45) is 0 Å². The van der Waals surface area contributed by atoms with E-state index in [4.69, 9.17) is 4.74 Å². The summed E-state index contributed by atoms with van der Waals surface area (Å²) in [6.07, 6.45) is 1.45. The number of aliphatic hydroxyl groups excluding tert-OH is 1. The Morgan fingerprint density at radius 2 is 1.97 bits per heavy atom. The monoisotopic (exact) mass is 438 g/mol. The van der Waals surface area contributed by atoms with Gasteiger partial charge >= 0.3 is 0 Å². The van der Waals surface area contributed by atoms with Crippen molar-refractivity contribution in [3.63, 3.8) is 0 Å². The molecule has 1 amide bonds. The van der Waals surface area contributed by atoms with Gasteiger partial charge in [0.1, 0.15) is 17.3 Å². The van der Waals surface area contributed by atoms with Crippen molar-refractivity contribution in [1.29, 1.82) is 0 Å². The van der Waals surface area contributed by atoms with E-state index in [9.17, 15) is 14.7 Å². The van der Waals surface area contributed by atoms with Gasteiger partial charge in [0.15, 0.2) is 0 Å². The van der Waals surface area contributed by atoms with E-state index in [1.54, 1.807) is 13.8 Å². The number of benzene rings is 1. The molecule has 1 atom stereocenters. The van der Waals surface area contributed by atoms with Crippen molar-refractivity contribution < 1.29 is 19.4 Å². The van der Waals surface area contributed by atoms with E-state index in [2.05, 4.69) is 9.97 Å². The first-order chi connectivity index (χ1) is 15.1. The van der Waals surface area contributed by atoms with Crippen LogP contribution in [-0.2, 0) is 9.59 Å². The SMILES string of the molecule is Cc1ncc(/C(O)=C2\C(=O)C(=O)N(CCN(C)C)[C@H]2c2cccc(OC(C)C)c2)c(C)n1. The van der Waals surface area contributed by atoms with Crippen molar-refractivity contribution in [3.05, 3.63) is 58.7 Å². The van der Waals surface area contributed by atoms with Crippen LogP contribution in [0.4, 0.5) is 0 Å². The highest BCUT2D eigenvalue weighted by Crippen LogP contribution is 2.40. The zero-order valence-corrected chi connectivity index (χ0v) is 19.4. The molecule has 8 heteroatoms. The van der Waals surface area contributed by atoms with Crippen LogP contribution in [0, 0.1) is 13.8 Å². The highest BCUT2D eigenvalue weighted by molar-refractivity contribution is 6.46. The van der Waals surface area contributed by atoms with Crippen molar-refractivity contribution in [1.82, 2.24) is 19.8 Å². The Kier molecular flexibility index (Phi) is 6.93. The van der Waals surface area contributed by atoms with Crippen LogP contribution >= 0.6 is 0 Å². The molecule has 2 aromatic rings. The first kappa shape index (κ1) is 23.4. The third-order valence-electron chi connectivity index (χ3n) is 5.23. The molecule has 1 aliphatic rings. The van der Waals surface area contributed by atoms with E-state index in [1.165, 1.54) is 11.1 Å². The number of ketones is 1. The van der Waals surface area contributed by atoms with Crippen LogP contribution in [0.5, 0.6) is 5.75 Å². The number of carbonyl (C=O) groups excluding carboxylic acids is 2. The summed E-state index contributed by atoms with van der Waals surface area (Å²) in [4.78, 5) is 38.0. The van der Waals surface area contributed by atoms with Crippen LogP contribution < -0.4 is 4.74 Å². The molecule has 0 saturated carbocycles. The van der Waals surface area contributed by atoms with Crippen molar-refractivity contribution in [2.45, 2.75) is 39.8 Å². The smallest absolute Gasteiger partial charge is 0.295 e. The highest BCUT2D eigenvalue weighted by Gasteiger charge is 2.46. The second kappa shape index (κ2) is 9.48. The average Bonchev–Trinajstić information content (AvgIpc) is 2.96. The van der Waals surface area contributed by atoms with Crippen molar-refractivity contribution >= 4 is 17.4 Å². The summed E-state index contributed by atoms with van der Waals surface area (Å²) in [5, 5.41) is 11.2. The molecule has 32 heavy (non-hydrogen) atoms. The zero-order valence-electron chi connectivity index (χ0n) is 19.4. The third-order valence-corrected chi connectivity index (χ3v) is 5.23. The lowest BCUT2D eigenvalue weighted by Gasteiger charge is -2.27. The minimum atomic E-state index is -0.744. The molecule has 0 bridgehead atoms. The van der Waals surface area contributed by atoms with Gasteiger partial charge in [0.2, 0.25) is 0 Å². The van der Waals surface area contributed by atoms with Crippen LogP contribution in [0.15, 0.2) is 36.0 Å². The minimum Gasteiger partial charge on any atom is -0.507 e. The molecule has 170 valence electrons. The Labute approximate surface area is 188 Å². The molecule has 0 unspecified atom stereocenters. The Balaban J connectivity index is 2.17. The number of likely N-dealkylation sites (N-methyl/N-ethyl adjacent to an activating group) is 1. The van der Waals surface area contributed by atoms with Gasteiger partial charge in [0, 0.05) is 19.3 Å². The number of aromatic nitrogens is 2. The maximum absolute atomic E-state index is 13.1. The molecule has 3 rings (SSSR count). The lowest BCUT2D eigenvalue weighted by atomic mass is 9.95. The summed E-state index contributed by atoms with van der Waals surface area (Å²) in [5.74, 6) is -0.444. The van der Waals surface area contributed by atoms with E-state index in [1.807, 2.05) is 57.1 Å². The van der Waals surface area contributed by atoms with Gasteiger partial charge in [-0.1, -0.05) is 12.1 Å². The quantitative estimate of drug-likeness (QED) is 0.403. The van der Waals surface area contributed by atoms with E-state index in [-0.39, 0.29) is 17.4 Å². The van der Waals surface area contributed by atoms with Crippen LogP contribution in [0.2, 0.25) is 0 Å². The first-order valence-electron chi connectivity index (χ1n) is 10.6. The molecule has 1 aromatic carbocycles. The fraction of sp³-hybridized carbons (Fsp3) is 0.417. The summed E-state index contributed by atoms with van der Waals surface area (Å²) in [6, 6.07) is 6.54. The molecule has 1 aliphatic heterocycles. The van der Waals surface area contributed by atoms with Gasteiger partial charge in [-0.3, -0.25) is 9.59 Å². The predicted octanol–water partition coefficient (Wildman–Crippen LogP) is 2.86. The second-order valence-corrected chi connectivity index (χ2v) is 8.45. The fourth-order valence-corrected chi connectivity index (χ4v) is 3.76. The van der Waals surface area contributed by atoms with E-state index < -0.39 is 17.7 Å². The minimum absolute atomic E-state index is 0.0299. The molecule has 2 heterocycles. The van der Waals surface area contributed by atoms with Gasteiger partial charge in [-0.15, -0.1) is 0 Å². The van der Waals surface area contributed by atoms with E-state index >= 15 is 0 Å². The second-order valence-electron chi connectivity index (χ2n) is 8.45. The number of hydrogen-bond donors (Lipinski definition) is 1. The van der Waals surface area contributed by atoms with Gasteiger partial charge in [-0.25, -0.2) is 9.97 Å². The summed E-state index contributed by atoms with van der Waals surface area (Å²) in [7, 11) is 3.80. The average molecular weight is 439 g/mol. The van der Waals surface area contributed by atoms with Crippen LogP contribution in [0.25, 0.3) is 5.76 Å². The Morgan fingerprint density at radius 1 is 1.25 bits per heavy atom. The van der Waals surface area contributed by atoms with Gasteiger partial charge in [0.05, 0.1) is 29.0 Å². The number of aryl methyl sites for hydroxylation is 2. The number of carbonyl (C=O) groups is 2. The first-order valence-corrected chi connectivity index (χ1v) is 10.6. The maximum atomic E-state index is 13.1.